The Bertz CT molecular complexity index is 812. The summed E-state index contributed by atoms with van der Waals surface area (Å²) < 4.78 is 26.8. The van der Waals surface area contributed by atoms with E-state index in [4.69, 9.17) is 0 Å². The molecule has 0 aliphatic rings. The van der Waals surface area contributed by atoms with Crippen LogP contribution in [0.25, 0.3) is 0 Å². The zero-order chi connectivity index (χ0) is 18.4. The van der Waals surface area contributed by atoms with E-state index in [2.05, 4.69) is 15.0 Å². The van der Waals surface area contributed by atoms with E-state index in [0.29, 0.717) is 18.0 Å². The van der Waals surface area contributed by atoms with Gasteiger partial charge in [0, 0.05) is 18.5 Å². The summed E-state index contributed by atoms with van der Waals surface area (Å²) in [7, 11) is -3.51. The number of benzene rings is 1. The Labute approximate surface area is 152 Å². The van der Waals surface area contributed by atoms with Crippen molar-refractivity contribution in [3.63, 3.8) is 0 Å². The number of rotatable bonds is 8. The number of aryl methyl sites for hydroxylation is 1. The van der Waals surface area contributed by atoms with Crippen LogP contribution in [0.1, 0.15) is 47.2 Å². The van der Waals surface area contributed by atoms with Crippen LogP contribution in [-0.2, 0) is 10.0 Å². The number of nitrogens with zero attached hydrogens (tertiary/aromatic N) is 1. The van der Waals surface area contributed by atoms with Gasteiger partial charge in [0.15, 0.2) is 5.01 Å². The quantitative estimate of drug-likeness (QED) is 0.688. The van der Waals surface area contributed by atoms with Crippen LogP contribution in [0, 0.1) is 6.92 Å². The molecule has 0 radical (unpaired) electrons. The summed E-state index contributed by atoms with van der Waals surface area (Å²) >= 11 is 1.32. The van der Waals surface area contributed by atoms with Gasteiger partial charge in [0.25, 0.3) is 5.91 Å². The molecular weight excluding hydrogens is 358 g/mol. The Morgan fingerprint density at radius 1 is 1.20 bits per heavy atom. The van der Waals surface area contributed by atoms with Gasteiger partial charge in [-0.25, -0.2) is 18.1 Å². The normalized spacial score (nSPS) is 11.7. The average molecular weight is 382 g/mol. The Kier molecular flexibility index (Phi) is 6.69. The van der Waals surface area contributed by atoms with E-state index in [1.54, 1.807) is 24.3 Å². The minimum Gasteiger partial charge on any atom is -0.350 e. The largest absolute Gasteiger partial charge is 0.350 e. The van der Waals surface area contributed by atoms with Crippen LogP contribution < -0.4 is 10.0 Å². The number of sulfonamides is 1. The number of amides is 1. The van der Waals surface area contributed by atoms with Crippen molar-refractivity contribution >= 4 is 27.3 Å². The molecule has 0 aliphatic heterocycles. The Morgan fingerprint density at radius 2 is 1.88 bits per heavy atom. The molecule has 0 atom stereocenters. The molecule has 0 bridgehead atoms. The van der Waals surface area contributed by atoms with Gasteiger partial charge < -0.3 is 5.32 Å². The molecule has 0 unspecified atom stereocenters. The highest BCUT2D eigenvalue weighted by Crippen LogP contribution is 2.17. The zero-order valence-corrected chi connectivity index (χ0v) is 16.2. The predicted molar refractivity (Wildman–Crippen MR) is 99.5 cm³/mol. The number of aromatic nitrogens is 1. The SMILES string of the molecule is Cc1ccc(S(=O)(=O)NCCCNC(=O)c2nc(C(C)C)cs2)cc1. The fourth-order valence-corrected chi connectivity index (χ4v) is 4.00. The second-order valence-corrected chi connectivity index (χ2v) is 8.68. The minimum atomic E-state index is -3.51. The molecule has 8 heteroatoms. The zero-order valence-electron chi connectivity index (χ0n) is 14.6. The Balaban J connectivity index is 1.75. The maximum absolute atomic E-state index is 12.1. The highest BCUT2D eigenvalue weighted by atomic mass is 32.2. The number of nitrogens with one attached hydrogen (secondary N) is 2. The highest BCUT2D eigenvalue weighted by molar-refractivity contribution is 7.89. The molecule has 0 saturated carbocycles. The molecule has 6 nitrogen and oxygen atoms in total. The summed E-state index contributed by atoms with van der Waals surface area (Å²) in [5, 5.41) is 5.08. The van der Waals surface area contributed by atoms with Crippen LogP contribution in [0.2, 0.25) is 0 Å². The van der Waals surface area contributed by atoms with E-state index in [1.165, 1.54) is 11.3 Å². The Morgan fingerprint density at radius 3 is 2.48 bits per heavy atom. The van der Waals surface area contributed by atoms with Gasteiger partial charge in [-0.15, -0.1) is 11.3 Å². The van der Waals surface area contributed by atoms with Crippen LogP contribution in [0.15, 0.2) is 34.5 Å². The molecule has 0 aliphatic carbocycles. The summed E-state index contributed by atoms with van der Waals surface area (Å²) in [5.41, 5.74) is 1.91. The van der Waals surface area contributed by atoms with Gasteiger partial charge in [0.05, 0.1) is 10.6 Å². The van der Waals surface area contributed by atoms with Crippen LogP contribution in [0.3, 0.4) is 0 Å². The highest BCUT2D eigenvalue weighted by Gasteiger charge is 2.14. The van der Waals surface area contributed by atoms with Gasteiger partial charge in [-0.1, -0.05) is 31.5 Å². The number of hydrogen-bond donors (Lipinski definition) is 2. The molecular formula is C17H23N3O3S2. The lowest BCUT2D eigenvalue weighted by Gasteiger charge is -2.07. The van der Waals surface area contributed by atoms with Crippen LogP contribution in [0.5, 0.6) is 0 Å². The predicted octanol–water partition coefficient (Wildman–Crippen LogP) is 2.67. The summed E-state index contributed by atoms with van der Waals surface area (Å²) in [4.78, 5) is 16.5. The van der Waals surface area contributed by atoms with Gasteiger partial charge in [-0.05, 0) is 31.4 Å². The molecule has 0 saturated heterocycles. The molecule has 1 aromatic carbocycles. The first-order valence-electron chi connectivity index (χ1n) is 8.09. The Hall–Kier alpha value is -1.77. The van der Waals surface area contributed by atoms with Crippen molar-refractivity contribution in [2.24, 2.45) is 0 Å². The van der Waals surface area contributed by atoms with Crippen molar-refractivity contribution in [2.75, 3.05) is 13.1 Å². The summed E-state index contributed by atoms with van der Waals surface area (Å²) in [6, 6.07) is 6.67. The first-order chi connectivity index (χ1) is 11.8. The number of carbonyl (C=O) groups is 1. The molecule has 1 aromatic heterocycles. The fourth-order valence-electron chi connectivity index (χ4n) is 2.03. The minimum absolute atomic E-state index is 0.224. The molecule has 0 spiro atoms. The van der Waals surface area contributed by atoms with Crippen molar-refractivity contribution in [3.05, 3.63) is 45.9 Å². The lowest BCUT2D eigenvalue weighted by atomic mass is 10.2. The number of carbonyl (C=O) groups excluding carboxylic acids is 1. The van der Waals surface area contributed by atoms with Gasteiger partial charge in [0.1, 0.15) is 0 Å². The third-order valence-corrected chi connectivity index (χ3v) is 5.91. The van der Waals surface area contributed by atoms with E-state index in [-0.39, 0.29) is 23.3 Å². The van der Waals surface area contributed by atoms with Crippen LogP contribution >= 0.6 is 11.3 Å². The lowest BCUT2D eigenvalue weighted by molar-refractivity contribution is 0.0953. The number of hydrogen-bond acceptors (Lipinski definition) is 5. The molecule has 1 heterocycles. The van der Waals surface area contributed by atoms with Crippen molar-refractivity contribution in [1.29, 1.82) is 0 Å². The van der Waals surface area contributed by atoms with Crippen LogP contribution in [0.4, 0.5) is 0 Å². The molecule has 0 fully saturated rings. The van der Waals surface area contributed by atoms with Gasteiger partial charge >= 0.3 is 0 Å². The van der Waals surface area contributed by atoms with E-state index in [0.717, 1.165) is 11.3 Å². The second-order valence-electron chi connectivity index (χ2n) is 6.05. The third kappa shape index (κ3) is 5.62. The van der Waals surface area contributed by atoms with Gasteiger partial charge in [-0.2, -0.15) is 0 Å². The molecule has 136 valence electrons. The van der Waals surface area contributed by atoms with Crippen LogP contribution in [-0.4, -0.2) is 32.4 Å². The molecule has 2 rings (SSSR count). The molecule has 2 N–H and O–H groups in total. The van der Waals surface area contributed by atoms with Crippen molar-refractivity contribution < 1.29 is 13.2 Å². The maximum Gasteiger partial charge on any atom is 0.280 e. The summed E-state index contributed by atoms with van der Waals surface area (Å²) in [6.45, 7) is 6.59. The lowest BCUT2D eigenvalue weighted by Crippen LogP contribution is -2.30. The first-order valence-corrected chi connectivity index (χ1v) is 10.5. The standard InChI is InChI=1S/C17H23N3O3S2/c1-12(2)15-11-24-17(20-15)16(21)18-9-4-10-19-25(22,23)14-7-5-13(3)6-8-14/h5-8,11-12,19H,4,9-10H2,1-3H3,(H,18,21). The van der Waals surface area contributed by atoms with Gasteiger partial charge in [-0.3, -0.25) is 4.79 Å². The first kappa shape index (κ1) is 19.6. The van der Waals surface area contributed by atoms with E-state index >= 15 is 0 Å². The van der Waals surface area contributed by atoms with Crippen molar-refractivity contribution in [1.82, 2.24) is 15.0 Å². The van der Waals surface area contributed by atoms with Crippen molar-refractivity contribution in [2.45, 2.75) is 38.0 Å². The third-order valence-electron chi connectivity index (χ3n) is 3.57. The maximum atomic E-state index is 12.1. The average Bonchev–Trinajstić information content (AvgIpc) is 3.05. The topological polar surface area (TPSA) is 88.2 Å². The van der Waals surface area contributed by atoms with E-state index < -0.39 is 10.0 Å². The molecule has 2 aromatic rings. The summed E-state index contributed by atoms with van der Waals surface area (Å²) in [5.74, 6) is 0.0623. The fraction of sp³-hybridized carbons (Fsp3) is 0.412. The molecule has 25 heavy (non-hydrogen) atoms. The smallest absolute Gasteiger partial charge is 0.280 e. The van der Waals surface area contributed by atoms with Crippen molar-refractivity contribution in [3.8, 4) is 0 Å². The molecule has 1 amide bonds. The number of thiazole rings is 1. The van der Waals surface area contributed by atoms with Gasteiger partial charge in [0.2, 0.25) is 10.0 Å². The second kappa shape index (κ2) is 8.55. The van der Waals surface area contributed by atoms with E-state index in [9.17, 15) is 13.2 Å². The monoisotopic (exact) mass is 381 g/mol. The van der Waals surface area contributed by atoms with E-state index in [1.807, 2.05) is 26.2 Å². The summed E-state index contributed by atoms with van der Waals surface area (Å²) in [6.07, 6.45) is 0.499.